The number of benzene rings is 10. The van der Waals surface area contributed by atoms with Crippen molar-refractivity contribution in [1.82, 2.24) is 19.5 Å². The summed E-state index contributed by atoms with van der Waals surface area (Å²) in [6, 6.07) is 76.4. The number of hydrogen-bond donors (Lipinski definition) is 0. The molecule has 5 heteroatoms. The molecule has 0 aliphatic heterocycles. The zero-order chi connectivity index (χ0) is 43.8. The summed E-state index contributed by atoms with van der Waals surface area (Å²) in [5.41, 5.74) is 14.3. The molecule has 0 N–H and O–H groups in total. The molecule has 1 saturated carbocycles. The van der Waals surface area contributed by atoms with Crippen LogP contribution in [0.25, 0.3) is 116 Å². The molecule has 0 radical (unpaired) electrons. The molecular formula is C62H38N4O. The van der Waals surface area contributed by atoms with Crippen LogP contribution in [0.3, 0.4) is 0 Å². The lowest BCUT2D eigenvalue weighted by molar-refractivity contribution is 0.669. The van der Waals surface area contributed by atoms with Gasteiger partial charge in [0, 0.05) is 38.3 Å². The van der Waals surface area contributed by atoms with E-state index in [1.807, 2.05) is 24.3 Å². The Hall–Kier alpha value is -8.67. The molecule has 1 fully saturated rings. The maximum Gasteiger partial charge on any atom is 0.164 e. The number of furan rings is 1. The van der Waals surface area contributed by atoms with Crippen molar-refractivity contribution in [2.75, 3.05) is 0 Å². The molecule has 1 unspecified atom stereocenters. The number of para-hydroxylation sites is 1. The van der Waals surface area contributed by atoms with E-state index in [0.717, 1.165) is 61.8 Å². The van der Waals surface area contributed by atoms with Gasteiger partial charge in [-0.25, -0.2) is 15.0 Å². The Bertz CT molecular complexity index is 4210. The lowest BCUT2D eigenvalue weighted by Crippen LogP contribution is -2.07. The Morgan fingerprint density at radius 3 is 1.91 bits per heavy atom. The number of rotatable bonds is 5. The molecule has 0 saturated heterocycles. The van der Waals surface area contributed by atoms with E-state index >= 15 is 0 Å². The van der Waals surface area contributed by atoms with Gasteiger partial charge in [-0.05, 0) is 104 Å². The normalized spacial score (nSPS) is 16.2. The molecular weight excluding hydrogens is 817 g/mol. The van der Waals surface area contributed by atoms with Gasteiger partial charge in [0.1, 0.15) is 11.2 Å². The molecule has 1 spiro atoms. The minimum absolute atomic E-state index is 0.0327. The fourth-order valence-corrected chi connectivity index (χ4v) is 11.7. The second-order valence-electron chi connectivity index (χ2n) is 18.3. The third-order valence-electron chi connectivity index (χ3n) is 14.8. The van der Waals surface area contributed by atoms with E-state index in [9.17, 15) is 0 Å². The summed E-state index contributed by atoms with van der Waals surface area (Å²) < 4.78 is 9.25. The minimum atomic E-state index is -0.0327. The number of fused-ring (bicyclic) bond motifs is 14. The Labute approximate surface area is 385 Å². The molecule has 5 nitrogen and oxygen atoms in total. The highest BCUT2D eigenvalue weighted by molar-refractivity contribution is 6.24. The van der Waals surface area contributed by atoms with Crippen molar-refractivity contribution in [2.24, 2.45) is 0 Å². The van der Waals surface area contributed by atoms with Crippen molar-refractivity contribution < 1.29 is 4.42 Å². The van der Waals surface area contributed by atoms with E-state index in [0.29, 0.717) is 23.4 Å². The third kappa shape index (κ3) is 5.28. The fraction of sp³-hybridized carbons (Fsp3) is 0.0484. The zero-order valence-electron chi connectivity index (χ0n) is 36.2. The van der Waals surface area contributed by atoms with Crippen molar-refractivity contribution in [2.45, 2.75) is 17.8 Å². The fourth-order valence-electron chi connectivity index (χ4n) is 11.7. The average Bonchev–Trinajstić information content (AvgIpc) is 3.78. The van der Waals surface area contributed by atoms with Crippen LogP contribution in [0.1, 0.15) is 29.0 Å². The molecule has 312 valence electrons. The highest BCUT2D eigenvalue weighted by Gasteiger charge is 2.61. The quantitative estimate of drug-likeness (QED) is 0.173. The lowest BCUT2D eigenvalue weighted by atomic mass is 9.88. The van der Waals surface area contributed by atoms with Crippen LogP contribution < -0.4 is 0 Å². The predicted molar refractivity (Wildman–Crippen MR) is 273 cm³/mol. The van der Waals surface area contributed by atoms with E-state index < -0.39 is 0 Å². The van der Waals surface area contributed by atoms with Gasteiger partial charge in [0.15, 0.2) is 17.5 Å². The van der Waals surface area contributed by atoms with Gasteiger partial charge in [0.25, 0.3) is 0 Å². The average molecular weight is 855 g/mol. The topological polar surface area (TPSA) is 56.7 Å². The Kier molecular flexibility index (Phi) is 7.48. The van der Waals surface area contributed by atoms with Gasteiger partial charge < -0.3 is 8.98 Å². The first-order chi connectivity index (χ1) is 33.2. The number of aromatic nitrogens is 4. The summed E-state index contributed by atoms with van der Waals surface area (Å²) in [4.78, 5) is 16.0. The second kappa shape index (κ2) is 13.7. The summed E-state index contributed by atoms with van der Waals surface area (Å²) in [7, 11) is 0. The zero-order valence-corrected chi connectivity index (χ0v) is 36.2. The van der Waals surface area contributed by atoms with Crippen molar-refractivity contribution in [1.29, 1.82) is 0 Å². The van der Waals surface area contributed by atoms with Crippen molar-refractivity contribution >= 4 is 65.3 Å². The molecule has 3 heterocycles. The van der Waals surface area contributed by atoms with Gasteiger partial charge in [0.05, 0.1) is 22.1 Å². The molecule has 2 aliphatic carbocycles. The van der Waals surface area contributed by atoms with E-state index in [1.54, 1.807) is 0 Å². The Morgan fingerprint density at radius 1 is 0.418 bits per heavy atom. The molecule has 0 amide bonds. The monoisotopic (exact) mass is 854 g/mol. The lowest BCUT2D eigenvalue weighted by Gasteiger charge is -2.15. The van der Waals surface area contributed by atoms with E-state index in [2.05, 4.69) is 193 Å². The number of hydrogen-bond acceptors (Lipinski definition) is 4. The molecule has 15 rings (SSSR count). The maximum absolute atomic E-state index is 6.81. The van der Waals surface area contributed by atoms with Crippen LogP contribution in [-0.2, 0) is 5.41 Å². The van der Waals surface area contributed by atoms with E-state index in [4.69, 9.17) is 19.4 Å². The first-order valence-corrected chi connectivity index (χ1v) is 23.1. The molecule has 2 atom stereocenters. The molecule has 13 aromatic rings. The van der Waals surface area contributed by atoms with Crippen LogP contribution >= 0.6 is 0 Å². The van der Waals surface area contributed by atoms with Crippen LogP contribution in [0.4, 0.5) is 0 Å². The largest absolute Gasteiger partial charge is 0.456 e. The van der Waals surface area contributed by atoms with Gasteiger partial charge >= 0.3 is 0 Å². The predicted octanol–water partition coefficient (Wildman–Crippen LogP) is 15.6. The first kappa shape index (κ1) is 36.6. The van der Waals surface area contributed by atoms with Crippen LogP contribution in [0, 0.1) is 0 Å². The molecule has 0 bridgehead atoms. The van der Waals surface area contributed by atoms with Gasteiger partial charge in [-0.2, -0.15) is 0 Å². The highest BCUT2D eigenvalue weighted by Crippen LogP contribution is 2.70. The second-order valence-corrected chi connectivity index (χ2v) is 18.3. The van der Waals surface area contributed by atoms with Crippen LogP contribution in [0.5, 0.6) is 0 Å². The summed E-state index contributed by atoms with van der Waals surface area (Å²) >= 11 is 0. The first-order valence-electron chi connectivity index (χ1n) is 23.1. The third-order valence-corrected chi connectivity index (χ3v) is 14.8. The summed E-state index contributed by atoms with van der Waals surface area (Å²) in [6.07, 6.45) is 1.10. The van der Waals surface area contributed by atoms with Gasteiger partial charge in [-0.3, -0.25) is 0 Å². The van der Waals surface area contributed by atoms with E-state index in [1.165, 1.54) is 60.1 Å². The molecule has 3 aromatic heterocycles. The summed E-state index contributed by atoms with van der Waals surface area (Å²) in [6.45, 7) is 0. The van der Waals surface area contributed by atoms with Crippen molar-refractivity contribution in [3.05, 3.63) is 229 Å². The van der Waals surface area contributed by atoms with Gasteiger partial charge in [0.2, 0.25) is 0 Å². The molecule has 10 aromatic carbocycles. The van der Waals surface area contributed by atoms with Crippen LogP contribution in [-0.4, -0.2) is 19.5 Å². The smallest absolute Gasteiger partial charge is 0.164 e. The highest BCUT2D eigenvalue weighted by atomic mass is 16.3. The Balaban J connectivity index is 0.982. The minimum Gasteiger partial charge on any atom is -0.456 e. The number of nitrogens with zero attached hydrogens (tertiary/aromatic N) is 4. The summed E-state index contributed by atoms with van der Waals surface area (Å²) in [5.74, 6) is 2.25. The Morgan fingerprint density at radius 2 is 1.07 bits per heavy atom. The van der Waals surface area contributed by atoms with Crippen LogP contribution in [0.2, 0.25) is 0 Å². The van der Waals surface area contributed by atoms with Crippen molar-refractivity contribution in [3.8, 4) is 51.0 Å². The van der Waals surface area contributed by atoms with Crippen LogP contribution in [0.15, 0.2) is 217 Å². The maximum atomic E-state index is 6.81. The van der Waals surface area contributed by atoms with Gasteiger partial charge in [-0.15, -0.1) is 0 Å². The van der Waals surface area contributed by atoms with Crippen molar-refractivity contribution in [3.63, 3.8) is 0 Å². The van der Waals surface area contributed by atoms with E-state index in [-0.39, 0.29) is 5.41 Å². The standard InChI is InChI=1S/C62H38N4O/c1-3-16-38(17-4-1)51-36-62(51)49-25-13-11-23-45(49)47-32-42(27-29-50(47)62)60-63-59(39-18-5-2-6-19-39)64-61(65-60)43-34-54(58-46-24-12-14-26-55(46)67-56(58)35-43)66-52-30-28-37-15-9-10-22-44(37)57(52)48-31-40-20-7-8-21-41(40)33-53(48)66/h1-35,51H,36H2/t51?,62-/m1/s1. The molecule has 2 aliphatic rings. The SMILES string of the molecule is c1ccc(-c2nc(-c3ccc4c(c3)-c3ccccc3[C@]43CC3c3ccccc3)nc(-c3cc(-n4c5cc6ccccc6cc5c5c6ccccc6ccc54)c4c(c3)oc3ccccc34)n2)cc1. The van der Waals surface area contributed by atoms with Gasteiger partial charge in [-0.1, -0.05) is 170 Å². The molecule has 67 heavy (non-hydrogen) atoms. The summed E-state index contributed by atoms with van der Waals surface area (Å²) in [5, 5.41) is 9.34.